The Morgan fingerprint density at radius 3 is 2.75 bits per heavy atom. The van der Waals surface area contributed by atoms with Crippen molar-refractivity contribution >= 4 is 22.2 Å². The zero-order chi connectivity index (χ0) is 14.5. The second-order valence-electron chi connectivity index (χ2n) is 4.61. The summed E-state index contributed by atoms with van der Waals surface area (Å²) in [7, 11) is 3.99. The van der Waals surface area contributed by atoms with Crippen LogP contribution in [-0.2, 0) is 0 Å². The molecule has 2 rings (SSSR count). The van der Waals surface area contributed by atoms with Crippen LogP contribution in [0.1, 0.15) is 10.6 Å². The molecule has 0 bridgehead atoms. The predicted molar refractivity (Wildman–Crippen MR) is 81.3 cm³/mol. The molecule has 1 aromatic carbocycles. The van der Waals surface area contributed by atoms with Crippen molar-refractivity contribution in [2.45, 2.75) is 0 Å². The molecule has 0 saturated carbocycles. The fourth-order valence-electron chi connectivity index (χ4n) is 1.72. The van der Waals surface area contributed by atoms with Gasteiger partial charge in [0.05, 0.1) is 5.56 Å². The number of halogens is 1. The Morgan fingerprint density at radius 1 is 1.30 bits per heavy atom. The van der Waals surface area contributed by atoms with Crippen LogP contribution in [0, 0.1) is 0 Å². The molecule has 0 saturated heterocycles. The molecule has 0 aliphatic carbocycles. The third kappa shape index (κ3) is 3.71. The number of furan rings is 1. The molecule has 5 heteroatoms. The maximum Gasteiger partial charge on any atom is 0.185 e. The van der Waals surface area contributed by atoms with Crippen molar-refractivity contribution in [1.82, 2.24) is 4.90 Å². The van der Waals surface area contributed by atoms with E-state index >= 15 is 0 Å². The summed E-state index contributed by atoms with van der Waals surface area (Å²) in [6, 6.07) is 9.13. The van der Waals surface area contributed by atoms with E-state index in [0.717, 1.165) is 22.3 Å². The van der Waals surface area contributed by atoms with Crippen molar-refractivity contribution in [1.29, 1.82) is 0 Å². The molecule has 20 heavy (non-hydrogen) atoms. The molecule has 1 aromatic heterocycles. The number of hydrogen-bond donors (Lipinski definition) is 0. The van der Waals surface area contributed by atoms with E-state index in [1.54, 1.807) is 12.1 Å². The number of ether oxygens (including phenoxy) is 1. The fraction of sp³-hybridized carbons (Fsp3) is 0.267. The Bertz CT molecular complexity index is 593. The lowest BCUT2D eigenvalue weighted by molar-refractivity contribution is 0.110. The van der Waals surface area contributed by atoms with E-state index in [9.17, 15) is 4.79 Å². The molecule has 2 aromatic rings. The van der Waals surface area contributed by atoms with Crippen LogP contribution in [0.2, 0.25) is 0 Å². The minimum atomic E-state index is 0.308. The molecule has 0 spiro atoms. The van der Waals surface area contributed by atoms with Crippen molar-refractivity contribution < 1.29 is 13.9 Å². The smallest absolute Gasteiger partial charge is 0.185 e. The standard InChI is InChI=1S/C15H16BrNO3/c1-17(2)7-8-19-15-9-11(16)3-5-13(15)14-6-4-12(10-18)20-14/h3-6,9-10H,7-8H2,1-2H3. The first kappa shape index (κ1) is 14.8. The summed E-state index contributed by atoms with van der Waals surface area (Å²) < 4.78 is 12.2. The predicted octanol–water partition coefficient (Wildman–Crippen LogP) is 3.46. The van der Waals surface area contributed by atoms with Crippen LogP contribution in [-0.4, -0.2) is 38.4 Å². The van der Waals surface area contributed by atoms with Crippen molar-refractivity contribution in [3.8, 4) is 17.1 Å². The Hall–Kier alpha value is -1.59. The highest BCUT2D eigenvalue weighted by Gasteiger charge is 2.11. The molecule has 0 amide bonds. The summed E-state index contributed by atoms with van der Waals surface area (Å²) in [5.41, 5.74) is 0.833. The Labute approximate surface area is 126 Å². The number of carbonyl (C=O) groups excluding carboxylic acids is 1. The van der Waals surface area contributed by atoms with Gasteiger partial charge in [-0.15, -0.1) is 0 Å². The molecule has 0 unspecified atom stereocenters. The number of nitrogens with zero attached hydrogens (tertiary/aromatic N) is 1. The number of rotatable bonds is 6. The van der Waals surface area contributed by atoms with Gasteiger partial charge in [-0.25, -0.2) is 0 Å². The second-order valence-corrected chi connectivity index (χ2v) is 5.53. The maximum atomic E-state index is 10.7. The lowest BCUT2D eigenvalue weighted by Gasteiger charge is -2.13. The van der Waals surface area contributed by atoms with Crippen molar-refractivity contribution in [2.75, 3.05) is 27.2 Å². The zero-order valence-electron chi connectivity index (χ0n) is 11.4. The Balaban J connectivity index is 2.25. The minimum Gasteiger partial charge on any atom is -0.491 e. The molecule has 0 aliphatic heterocycles. The second kappa shape index (κ2) is 6.72. The molecule has 1 heterocycles. The lowest BCUT2D eigenvalue weighted by Crippen LogP contribution is -2.19. The van der Waals surface area contributed by atoms with Gasteiger partial charge in [0, 0.05) is 11.0 Å². The van der Waals surface area contributed by atoms with E-state index in [4.69, 9.17) is 9.15 Å². The monoisotopic (exact) mass is 337 g/mol. The van der Waals surface area contributed by atoms with Crippen LogP contribution in [0.15, 0.2) is 39.2 Å². The molecule has 0 fully saturated rings. The van der Waals surface area contributed by atoms with E-state index < -0.39 is 0 Å². The van der Waals surface area contributed by atoms with Crippen molar-refractivity contribution in [3.63, 3.8) is 0 Å². The first-order valence-corrected chi connectivity index (χ1v) is 7.02. The normalized spacial score (nSPS) is 10.8. The SMILES string of the molecule is CN(C)CCOc1cc(Br)ccc1-c1ccc(C=O)o1. The topological polar surface area (TPSA) is 42.7 Å². The summed E-state index contributed by atoms with van der Waals surface area (Å²) >= 11 is 3.43. The van der Waals surface area contributed by atoms with Crippen molar-refractivity contribution in [3.05, 3.63) is 40.6 Å². The van der Waals surface area contributed by atoms with Crippen LogP contribution in [0.25, 0.3) is 11.3 Å². The lowest BCUT2D eigenvalue weighted by atomic mass is 10.1. The van der Waals surface area contributed by atoms with Gasteiger partial charge in [0.15, 0.2) is 12.0 Å². The van der Waals surface area contributed by atoms with E-state index in [1.165, 1.54) is 0 Å². The molecule has 0 aliphatic rings. The van der Waals surface area contributed by atoms with Gasteiger partial charge in [-0.2, -0.15) is 0 Å². The quantitative estimate of drug-likeness (QED) is 0.757. The van der Waals surface area contributed by atoms with E-state index in [-0.39, 0.29) is 0 Å². The molecule has 106 valence electrons. The van der Waals surface area contributed by atoms with Gasteiger partial charge in [0.25, 0.3) is 0 Å². The number of hydrogen-bond acceptors (Lipinski definition) is 4. The van der Waals surface area contributed by atoms with Crippen LogP contribution in [0.4, 0.5) is 0 Å². The third-order valence-corrected chi connectivity index (χ3v) is 3.24. The highest BCUT2D eigenvalue weighted by Crippen LogP contribution is 2.33. The van der Waals surface area contributed by atoms with Gasteiger partial charge in [0.1, 0.15) is 18.1 Å². The highest BCUT2D eigenvalue weighted by atomic mass is 79.9. The van der Waals surface area contributed by atoms with Gasteiger partial charge < -0.3 is 14.1 Å². The van der Waals surface area contributed by atoms with E-state index in [1.807, 2.05) is 32.3 Å². The van der Waals surface area contributed by atoms with Gasteiger partial charge in [-0.1, -0.05) is 15.9 Å². The first-order chi connectivity index (χ1) is 9.60. The van der Waals surface area contributed by atoms with Gasteiger partial charge in [0.2, 0.25) is 0 Å². The Kier molecular flexibility index (Phi) is 4.98. The number of carbonyl (C=O) groups is 1. The van der Waals surface area contributed by atoms with E-state index in [2.05, 4.69) is 20.8 Å². The van der Waals surface area contributed by atoms with Crippen LogP contribution >= 0.6 is 15.9 Å². The molecule has 0 radical (unpaired) electrons. The molecular formula is C15H16BrNO3. The minimum absolute atomic E-state index is 0.308. The van der Waals surface area contributed by atoms with Gasteiger partial charge >= 0.3 is 0 Å². The van der Waals surface area contributed by atoms with Crippen LogP contribution < -0.4 is 4.74 Å². The average Bonchev–Trinajstić information content (AvgIpc) is 2.87. The van der Waals surface area contributed by atoms with Gasteiger partial charge in [-0.05, 0) is 44.4 Å². The summed E-state index contributed by atoms with van der Waals surface area (Å²) in [5, 5.41) is 0. The number of aldehydes is 1. The van der Waals surface area contributed by atoms with Gasteiger partial charge in [-0.3, -0.25) is 4.79 Å². The molecule has 4 nitrogen and oxygen atoms in total. The number of benzene rings is 1. The van der Waals surface area contributed by atoms with Crippen LogP contribution in [0.5, 0.6) is 5.75 Å². The maximum absolute atomic E-state index is 10.7. The molecular weight excluding hydrogens is 322 g/mol. The number of likely N-dealkylation sites (N-methyl/N-ethyl adjacent to an activating group) is 1. The molecule has 0 atom stereocenters. The average molecular weight is 338 g/mol. The zero-order valence-corrected chi connectivity index (χ0v) is 13.0. The summed E-state index contributed by atoms with van der Waals surface area (Å²) in [6.07, 6.45) is 0.689. The first-order valence-electron chi connectivity index (χ1n) is 6.22. The third-order valence-electron chi connectivity index (χ3n) is 2.75. The highest BCUT2D eigenvalue weighted by molar-refractivity contribution is 9.10. The molecule has 0 N–H and O–H groups in total. The summed E-state index contributed by atoms with van der Waals surface area (Å²) in [6.45, 7) is 1.40. The van der Waals surface area contributed by atoms with Crippen LogP contribution in [0.3, 0.4) is 0 Å². The van der Waals surface area contributed by atoms with E-state index in [0.29, 0.717) is 24.4 Å². The fourth-order valence-corrected chi connectivity index (χ4v) is 2.06. The van der Waals surface area contributed by atoms with Crippen molar-refractivity contribution in [2.24, 2.45) is 0 Å². The summed E-state index contributed by atoms with van der Waals surface area (Å²) in [4.78, 5) is 12.7. The Morgan fingerprint density at radius 2 is 2.10 bits per heavy atom. The largest absolute Gasteiger partial charge is 0.491 e. The summed E-state index contributed by atoms with van der Waals surface area (Å²) in [5.74, 6) is 1.66.